The zero-order chi connectivity index (χ0) is 20.9. The van der Waals surface area contributed by atoms with Crippen molar-refractivity contribution >= 4 is 15.9 Å². The minimum absolute atomic E-state index is 0.0136. The van der Waals surface area contributed by atoms with E-state index in [4.69, 9.17) is 4.74 Å². The van der Waals surface area contributed by atoms with Crippen LogP contribution in [0.4, 0.5) is 4.39 Å². The molecule has 1 saturated heterocycles. The molecular formula is C21H25FN2O4S. The monoisotopic (exact) mass is 420 g/mol. The molecule has 29 heavy (non-hydrogen) atoms. The molecule has 1 aliphatic heterocycles. The molecule has 0 spiro atoms. The molecule has 1 aliphatic rings. The molecule has 0 radical (unpaired) electrons. The fourth-order valence-corrected chi connectivity index (χ4v) is 5.10. The fraction of sp³-hybridized carbons (Fsp3) is 0.381. The van der Waals surface area contributed by atoms with Crippen LogP contribution in [0.25, 0.3) is 0 Å². The molecule has 6 nitrogen and oxygen atoms in total. The SMILES string of the molecule is CCOc1ccccc1CNC(=O)[C@H]1CCCCN1S(=O)(=O)c1ccc(F)cc1. The van der Waals surface area contributed by atoms with Crippen molar-refractivity contribution in [2.75, 3.05) is 13.2 Å². The second kappa shape index (κ2) is 9.37. The van der Waals surface area contributed by atoms with Gasteiger partial charge >= 0.3 is 0 Å². The van der Waals surface area contributed by atoms with Gasteiger partial charge in [0, 0.05) is 18.7 Å². The lowest BCUT2D eigenvalue weighted by atomic mass is 10.0. The molecule has 1 heterocycles. The Hall–Kier alpha value is -2.45. The molecule has 1 amide bonds. The number of hydrogen-bond acceptors (Lipinski definition) is 4. The van der Waals surface area contributed by atoms with Crippen LogP contribution in [-0.4, -0.2) is 37.8 Å². The summed E-state index contributed by atoms with van der Waals surface area (Å²) in [6.07, 6.45) is 1.89. The number of para-hydroxylation sites is 1. The van der Waals surface area contributed by atoms with E-state index < -0.39 is 21.9 Å². The van der Waals surface area contributed by atoms with Crippen LogP contribution in [0, 0.1) is 5.82 Å². The zero-order valence-corrected chi connectivity index (χ0v) is 17.1. The van der Waals surface area contributed by atoms with E-state index in [2.05, 4.69) is 5.32 Å². The Morgan fingerprint density at radius 1 is 1.17 bits per heavy atom. The van der Waals surface area contributed by atoms with Gasteiger partial charge in [-0.25, -0.2) is 12.8 Å². The summed E-state index contributed by atoms with van der Waals surface area (Å²) < 4.78 is 46.0. The summed E-state index contributed by atoms with van der Waals surface area (Å²) in [5.41, 5.74) is 0.825. The van der Waals surface area contributed by atoms with Gasteiger partial charge in [-0.05, 0) is 50.1 Å². The first-order valence-electron chi connectivity index (χ1n) is 9.69. The van der Waals surface area contributed by atoms with Crippen molar-refractivity contribution in [3.63, 3.8) is 0 Å². The van der Waals surface area contributed by atoms with E-state index >= 15 is 0 Å². The average molecular weight is 421 g/mol. The Morgan fingerprint density at radius 3 is 2.62 bits per heavy atom. The van der Waals surface area contributed by atoms with Gasteiger partial charge in [0.25, 0.3) is 0 Å². The summed E-state index contributed by atoms with van der Waals surface area (Å²) in [4.78, 5) is 12.9. The quantitative estimate of drug-likeness (QED) is 0.747. The maximum atomic E-state index is 13.2. The van der Waals surface area contributed by atoms with Crippen LogP contribution >= 0.6 is 0 Å². The van der Waals surface area contributed by atoms with Crippen LogP contribution in [0.3, 0.4) is 0 Å². The van der Waals surface area contributed by atoms with E-state index in [1.54, 1.807) is 0 Å². The van der Waals surface area contributed by atoms with Crippen molar-refractivity contribution in [1.82, 2.24) is 9.62 Å². The van der Waals surface area contributed by atoms with Crippen LogP contribution in [0.2, 0.25) is 0 Å². The van der Waals surface area contributed by atoms with Gasteiger partial charge in [-0.2, -0.15) is 4.31 Å². The van der Waals surface area contributed by atoms with Crippen LogP contribution in [0.5, 0.6) is 5.75 Å². The van der Waals surface area contributed by atoms with E-state index in [1.165, 1.54) is 16.4 Å². The van der Waals surface area contributed by atoms with Gasteiger partial charge in [0.1, 0.15) is 17.6 Å². The third kappa shape index (κ3) is 4.94. The number of hydrogen-bond donors (Lipinski definition) is 1. The number of benzene rings is 2. The van der Waals surface area contributed by atoms with Gasteiger partial charge in [-0.3, -0.25) is 4.79 Å². The molecule has 0 bridgehead atoms. The maximum Gasteiger partial charge on any atom is 0.243 e. The van der Waals surface area contributed by atoms with Crippen molar-refractivity contribution in [2.45, 2.75) is 43.7 Å². The molecule has 0 aromatic heterocycles. The first-order valence-corrected chi connectivity index (χ1v) is 11.1. The third-order valence-corrected chi connectivity index (χ3v) is 6.82. The summed E-state index contributed by atoms with van der Waals surface area (Å²) in [5, 5.41) is 2.85. The highest BCUT2D eigenvalue weighted by atomic mass is 32.2. The maximum absolute atomic E-state index is 13.2. The van der Waals surface area contributed by atoms with Gasteiger partial charge in [-0.15, -0.1) is 0 Å². The topological polar surface area (TPSA) is 75.7 Å². The smallest absolute Gasteiger partial charge is 0.243 e. The molecule has 156 valence electrons. The largest absolute Gasteiger partial charge is 0.494 e. The molecule has 1 atom stereocenters. The van der Waals surface area contributed by atoms with E-state index in [0.29, 0.717) is 25.2 Å². The van der Waals surface area contributed by atoms with Gasteiger partial charge in [-0.1, -0.05) is 24.6 Å². The number of carbonyl (C=O) groups is 1. The Bertz CT molecular complexity index is 947. The standard InChI is InChI=1S/C21H25FN2O4S/c1-2-28-20-9-4-3-7-16(20)15-23-21(25)19-8-5-6-14-24(19)29(26,27)18-12-10-17(22)11-13-18/h3-4,7,9-13,19H,2,5-6,8,14-15H2,1H3,(H,23,25)/t19-/m1/s1. The number of rotatable bonds is 7. The molecule has 1 fully saturated rings. The number of halogens is 1. The molecule has 2 aromatic carbocycles. The lowest BCUT2D eigenvalue weighted by Crippen LogP contribution is -2.51. The lowest BCUT2D eigenvalue weighted by molar-refractivity contribution is -0.125. The second-order valence-corrected chi connectivity index (χ2v) is 8.73. The number of amides is 1. The van der Waals surface area contributed by atoms with Crippen LogP contribution in [0.1, 0.15) is 31.7 Å². The number of carbonyl (C=O) groups excluding carboxylic acids is 1. The molecular weight excluding hydrogens is 395 g/mol. The zero-order valence-electron chi connectivity index (χ0n) is 16.3. The molecule has 0 unspecified atom stereocenters. The molecule has 0 saturated carbocycles. The van der Waals surface area contributed by atoms with Crippen LogP contribution in [0.15, 0.2) is 53.4 Å². The minimum Gasteiger partial charge on any atom is -0.494 e. The number of piperidine rings is 1. The molecule has 0 aliphatic carbocycles. The van der Waals surface area contributed by atoms with Crippen molar-refractivity contribution in [2.24, 2.45) is 0 Å². The lowest BCUT2D eigenvalue weighted by Gasteiger charge is -2.33. The third-order valence-electron chi connectivity index (χ3n) is 4.90. The van der Waals surface area contributed by atoms with E-state index in [1.807, 2.05) is 31.2 Å². The van der Waals surface area contributed by atoms with Crippen LogP contribution in [-0.2, 0) is 21.4 Å². The van der Waals surface area contributed by atoms with E-state index in [0.717, 1.165) is 24.1 Å². The van der Waals surface area contributed by atoms with Crippen LogP contribution < -0.4 is 10.1 Å². The Kier molecular flexibility index (Phi) is 6.87. The predicted octanol–water partition coefficient (Wildman–Crippen LogP) is 3.08. The summed E-state index contributed by atoms with van der Waals surface area (Å²) >= 11 is 0. The van der Waals surface area contributed by atoms with Crippen molar-refractivity contribution in [1.29, 1.82) is 0 Å². The van der Waals surface area contributed by atoms with Gasteiger partial charge in [0.2, 0.25) is 15.9 Å². The highest BCUT2D eigenvalue weighted by molar-refractivity contribution is 7.89. The highest BCUT2D eigenvalue weighted by Crippen LogP contribution is 2.26. The summed E-state index contributed by atoms with van der Waals surface area (Å²) in [5.74, 6) is -0.165. The summed E-state index contributed by atoms with van der Waals surface area (Å²) in [7, 11) is -3.89. The second-order valence-electron chi connectivity index (χ2n) is 6.84. The van der Waals surface area contributed by atoms with Crippen molar-refractivity contribution < 1.29 is 22.3 Å². The first kappa shape index (κ1) is 21.3. The number of nitrogens with zero attached hydrogens (tertiary/aromatic N) is 1. The van der Waals surface area contributed by atoms with Gasteiger partial charge in [0.05, 0.1) is 11.5 Å². The summed E-state index contributed by atoms with van der Waals surface area (Å²) in [6, 6.07) is 11.3. The molecule has 3 rings (SSSR count). The Labute approximate surface area is 170 Å². The normalized spacial score (nSPS) is 17.7. The van der Waals surface area contributed by atoms with Crippen molar-refractivity contribution in [3.8, 4) is 5.75 Å². The molecule has 1 N–H and O–H groups in total. The Morgan fingerprint density at radius 2 is 1.90 bits per heavy atom. The highest BCUT2D eigenvalue weighted by Gasteiger charge is 2.37. The average Bonchev–Trinajstić information content (AvgIpc) is 2.73. The van der Waals surface area contributed by atoms with E-state index in [9.17, 15) is 17.6 Å². The van der Waals surface area contributed by atoms with Gasteiger partial charge < -0.3 is 10.1 Å². The molecule has 2 aromatic rings. The van der Waals surface area contributed by atoms with Crippen molar-refractivity contribution in [3.05, 3.63) is 59.9 Å². The Balaban J connectivity index is 1.75. The number of nitrogens with one attached hydrogen (secondary N) is 1. The minimum atomic E-state index is -3.89. The van der Waals surface area contributed by atoms with E-state index in [-0.39, 0.29) is 23.9 Å². The molecule has 8 heteroatoms. The van der Waals surface area contributed by atoms with Gasteiger partial charge in [0.15, 0.2) is 0 Å². The predicted molar refractivity (Wildman–Crippen MR) is 107 cm³/mol. The number of ether oxygens (including phenoxy) is 1. The summed E-state index contributed by atoms with van der Waals surface area (Å²) in [6.45, 7) is 2.90. The first-order chi connectivity index (χ1) is 13.9. The number of sulfonamides is 1. The fourth-order valence-electron chi connectivity index (χ4n) is 3.44.